The fourth-order valence-corrected chi connectivity index (χ4v) is 4.02. The van der Waals surface area contributed by atoms with Crippen molar-refractivity contribution >= 4 is 27.7 Å². The second kappa shape index (κ2) is 5.56. The van der Waals surface area contributed by atoms with E-state index in [4.69, 9.17) is 0 Å². The molecule has 88 valence electrons. The van der Waals surface area contributed by atoms with Crippen molar-refractivity contribution in [1.82, 2.24) is 5.32 Å². The molecule has 3 atom stereocenters. The first-order chi connectivity index (χ1) is 7.66. The zero-order valence-corrected chi connectivity index (χ0v) is 12.1. The summed E-state index contributed by atoms with van der Waals surface area (Å²) in [5.41, 5.74) is 1.39. The Morgan fingerprint density at radius 3 is 2.94 bits per heavy atom. The molecule has 1 heterocycles. The minimum absolute atomic E-state index is 0.479. The third-order valence-electron chi connectivity index (χ3n) is 3.04. The predicted molar refractivity (Wildman–Crippen MR) is 76.0 cm³/mol. The van der Waals surface area contributed by atoms with Gasteiger partial charge in [-0.05, 0) is 30.7 Å². The van der Waals surface area contributed by atoms with E-state index in [1.807, 2.05) is 0 Å². The second-order valence-corrected chi connectivity index (χ2v) is 7.16. The highest BCUT2D eigenvalue weighted by atomic mass is 79.9. The molecule has 3 heteroatoms. The van der Waals surface area contributed by atoms with E-state index in [1.54, 1.807) is 0 Å². The van der Waals surface area contributed by atoms with Gasteiger partial charge in [-0.1, -0.05) is 41.9 Å². The van der Waals surface area contributed by atoms with E-state index in [-0.39, 0.29) is 0 Å². The highest BCUT2D eigenvalue weighted by Gasteiger charge is 2.24. The first kappa shape index (κ1) is 12.5. The van der Waals surface area contributed by atoms with E-state index in [9.17, 15) is 0 Å². The Labute approximate surface area is 111 Å². The van der Waals surface area contributed by atoms with E-state index in [2.05, 4.69) is 71.1 Å². The Balaban J connectivity index is 2.19. The monoisotopic (exact) mass is 299 g/mol. The van der Waals surface area contributed by atoms with Crippen LogP contribution < -0.4 is 5.32 Å². The standard InChI is InChI=1S/C13H18BrNS/c1-9-6-7-15-13(10(2)16-9)11-4-3-5-12(14)8-11/h3-5,8-10,13,15H,6-7H2,1-2H3. The first-order valence-electron chi connectivity index (χ1n) is 5.81. The Hall–Kier alpha value is 0.01000. The molecule has 1 aromatic rings. The van der Waals surface area contributed by atoms with Gasteiger partial charge in [-0.15, -0.1) is 0 Å². The number of halogens is 1. The van der Waals surface area contributed by atoms with Crippen LogP contribution in [0.25, 0.3) is 0 Å². The van der Waals surface area contributed by atoms with E-state index in [0.717, 1.165) is 11.8 Å². The van der Waals surface area contributed by atoms with Gasteiger partial charge in [0.25, 0.3) is 0 Å². The maximum Gasteiger partial charge on any atom is 0.0438 e. The Kier molecular flexibility index (Phi) is 4.34. The summed E-state index contributed by atoms with van der Waals surface area (Å²) < 4.78 is 1.17. The van der Waals surface area contributed by atoms with Crippen molar-refractivity contribution in [1.29, 1.82) is 0 Å². The lowest BCUT2D eigenvalue weighted by atomic mass is 10.0. The molecule has 0 aliphatic carbocycles. The summed E-state index contributed by atoms with van der Waals surface area (Å²) in [6, 6.07) is 9.13. The van der Waals surface area contributed by atoms with Crippen molar-refractivity contribution in [3.8, 4) is 0 Å². The first-order valence-corrected chi connectivity index (χ1v) is 7.54. The lowest BCUT2D eigenvalue weighted by Crippen LogP contribution is -2.27. The number of thioether (sulfide) groups is 1. The van der Waals surface area contributed by atoms with Gasteiger partial charge in [0.05, 0.1) is 0 Å². The Morgan fingerprint density at radius 1 is 1.38 bits per heavy atom. The third-order valence-corrected chi connectivity index (χ3v) is 4.93. The average Bonchev–Trinajstić information content (AvgIpc) is 2.39. The lowest BCUT2D eigenvalue weighted by molar-refractivity contribution is 0.535. The molecule has 0 amide bonds. The molecule has 0 aromatic heterocycles. The van der Waals surface area contributed by atoms with Gasteiger partial charge < -0.3 is 5.32 Å². The molecule has 2 rings (SSSR count). The van der Waals surface area contributed by atoms with Gasteiger partial charge in [0.2, 0.25) is 0 Å². The number of nitrogens with one attached hydrogen (secondary N) is 1. The van der Waals surface area contributed by atoms with Crippen LogP contribution in [0.4, 0.5) is 0 Å². The number of hydrogen-bond acceptors (Lipinski definition) is 2. The molecule has 1 aliphatic rings. The van der Waals surface area contributed by atoms with Crippen LogP contribution in [-0.2, 0) is 0 Å². The Bertz CT molecular complexity index is 356. The summed E-state index contributed by atoms with van der Waals surface area (Å²) in [4.78, 5) is 0. The molecular formula is C13H18BrNS. The molecule has 0 bridgehead atoms. The number of rotatable bonds is 1. The van der Waals surface area contributed by atoms with Gasteiger partial charge in [-0.2, -0.15) is 11.8 Å². The molecule has 1 N–H and O–H groups in total. The molecule has 0 spiro atoms. The van der Waals surface area contributed by atoms with Crippen LogP contribution in [0.3, 0.4) is 0 Å². The van der Waals surface area contributed by atoms with Crippen LogP contribution in [-0.4, -0.2) is 17.0 Å². The second-order valence-electron chi connectivity index (χ2n) is 4.43. The normalized spacial score (nSPS) is 31.1. The predicted octanol–water partition coefficient (Wildman–Crippen LogP) is 3.99. The molecular weight excluding hydrogens is 282 g/mol. The SMILES string of the molecule is CC1CCNC(c2cccc(Br)c2)C(C)S1. The van der Waals surface area contributed by atoms with Crippen molar-refractivity contribution in [2.45, 2.75) is 36.8 Å². The van der Waals surface area contributed by atoms with Crippen molar-refractivity contribution in [2.75, 3.05) is 6.54 Å². The largest absolute Gasteiger partial charge is 0.309 e. The summed E-state index contributed by atoms with van der Waals surface area (Å²) in [6.45, 7) is 5.77. The van der Waals surface area contributed by atoms with E-state index < -0.39 is 0 Å². The molecule has 1 aliphatic heterocycles. The molecule has 1 aromatic carbocycles. The zero-order chi connectivity index (χ0) is 11.5. The highest BCUT2D eigenvalue weighted by molar-refractivity contribution is 9.10. The minimum Gasteiger partial charge on any atom is -0.309 e. The van der Waals surface area contributed by atoms with Crippen molar-refractivity contribution in [2.24, 2.45) is 0 Å². The van der Waals surface area contributed by atoms with Gasteiger partial charge in [0.15, 0.2) is 0 Å². The molecule has 0 saturated carbocycles. The van der Waals surface area contributed by atoms with Crippen LogP contribution in [0.15, 0.2) is 28.7 Å². The average molecular weight is 300 g/mol. The molecule has 3 unspecified atom stereocenters. The molecule has 1 saturated heterocycles. The molecule has 16 heavy (non-hydrogen) atoms. The van der Waals surface area contributed by atoms with Gasteiger partial charge in [-0.25, -0.2) is 0 Å². The molecule has 1 fully saturated rings. The lowest BCUT2D eigenvalue weighted by Gasteiger charge is -2.23. The Morgan fingerprint density at radius 2 is 2.19 bits per heavy atom. The maximum atomic E-state index is 3.66. The smallest absolute Gasteiger partial charge is 0.0438 e. The number of hydrogen-bond donors (Lipinski definition) is 1. The fraction of sp³-hybridized carbons (Fsp3) is 0.538. The van der Waals surface area contributed by atoms with Gasteiger partial charge >= 0.3 is 0 Å². The topological polar surface area (TPSA) is 12.0 Å². The van der Waals surface area contributed by atoms with E-state index in [1.165, 1.54) is 16.5 Å². The maximum absolute atomic E-state index is 3.66. The van der Waals surface area contributed by atoms with Crippen molar-refractivity contribution in [3.63, 3.8) is 0 Å². The summed E-state index contributed by atoms with van der Waals surface area (Å²) in [7, 11) is 0. The van der Waals surface area contributed by atoms with Crippen LogP contribution in [0, 0.1) is 0 Å². The van der Waals surface area contributed by atoms with Gasteiger partial charge in [0, 0.05) is 21.0 Å². The van der Waals surface area contributed by atoms with E-state index >= 15 is 0 Å². The highest BCUT2D eigenvalue weighted by Crippen LogP contribution is 2.33. The van der Waals surface area contributed by atoms with Crippen LogP contribution in [0.1, 0.15) is 31.9 Å². The summed E-state index contributed by atoms with van der Waals surface area (Å²) >= 11 is 5.64. The quantitative estimate of drug-likeness (QED) is 0.841. The van der Waals surface area contributed by atoms with Crippen LogP contribution in [0.2, 0.25) is 0 Å². The number of benzene rings is 1. The van der Waals surface area contributed by atoms with Gasteiger partial charge in [0.1, 0.15) is 0 Å². The minimum atomic E-state index is 0.479. The summed E-state index contributed by atoms with van der Waals surface area (Å²) in [6.07, 6.45) is 1.26. The summed E-state index contributed by atoms with van der Waals surface area (Å²) in [5.74, 6) is 0. The summed E-state index contributed by atoms with van der Waals surface area (Å²) in [5, 5.41) is 5.06. The van der Waals surface area contributed by atoms with E-state index in [0.29, 0.717) is 11.3 Å². The zero-order valence-electron chi connectivity index (χ0n) is 9.74. The van der Waals surface area contributed by atoms with Crippen LogP contribution >= 0.6 is 27.7 Å². The van der Waals surface area contributed by atoms with Gasteiger partial charge in [-0.3, -0.25) is 0 Å². The van der Waals surface area contributed by atoms with Crippen molar-refractivity contribution < 1.29 is 0 Å². The fourth-order valence-electron chi connectivity index (χ4n) is 2.21. The molecule has 1 nitrogen and oxygen atoms in total. The van der Waals surface area contributed by atoms with Crippen LogP contribution in [0.5, 0.6) is 0 Å². The third kappa shape index (κ3) is 3.02. The molecule has 0 radical (unpaired) electrons. The van der Waals surface area contributed by atoms with Crippen molar-refractivity contribution in [3.05, 3.63) is 34.3 Å².